The minimum atomic E-state index is -3.96. The first-order valence-corrected chi connectivity index (χ1v) is 8.34. The van der Waals surface area contributed by atoms with E-state index in [-0.39, 0.29) is 36.3 Å². The van der Waals surface area contributed by atoms with E-state index in [4.69, 9.17) is 16.3 Å². The van der Waals surface area contributed by atoms with Gasteiger partial charge >= 0.3 is 0 Å². The van der Waals surface area contributed by atoms with Crippen LogP contribution in [0.1, 0.15) is 19.4 Å². The highest BCUT2D eigenvalue weighted by Gasteiger charge is 2.22. The summed E-state index contributed by atoms with van der Waals surface area (Å²) in [7, 11) is -2.52. The Kier molecular flexibility index (Phi) is 7.02. The maximum Gasteiger partial charge on any atom is 0.243 e. The van der Waals surface area contributed by atoms with E-state index in [1.54, 1.807) is 0 Å². The zero-order chi connectivity index (χ0) is 16.0. The first-order chi connectivity index (χ1) is 9.77. The number of sulfonamides is 1. The second-order valence-corrected chi connectivity index (χ2v) is 6.98. The van der Waals surface area contributed by atoms with Crippen molar-refractivity contribution < 1.29 is 17.5 Å². The van der Waals surface area contributed by atoms with Crippen molar-refractivity contribution in [3.05, 3.63) is 28.5 Å². The monoisotopic (exact) mass is 338 g/mol. The van der Waals surface area contributed by atoms with Crippen LogP contribution in [0.3, 0.4) is 0 Å². The van der Waals surface area contributed by atoms with Gasteiger partial charge in [-0.3, -0.25) is 0 Å². The first kappa shape index (κ1) is 18.3. The summed E-state index contributed by atoms with van der Waals surface area (Å²) in [5.74, 6) is -0.794. The van der Waals surface area contributed by atoms with E-state index in [1.165, 1.54) is 13.2 Å². The normalized spacial score (nSPS) is 12.1. The summed E-state index contributed by atoms with van der Waals surface area (Å²) in [6.45, 7) is 4.27. The van der Waals surface area contributed by atoms with Crippen molar-refractivity contribution in [1.82, 2.24) is 10.0 Å². The summed E-state index contributed by atoms with van der Waals surface area (Å²) >= 11 is 5.89. The standard InChI is InChI=1S/C13H20ClFN2O3S/c1-9(2)16-8-10-6-11(14)7-12(13(10)15)21(18,19)17-4-5-20-3/h6-7,9,16-17H,4-5,8H2,1-3H3. The zero-order valence-corrected chi connectivity index (χ0v) is 13.8. The molecule has 1 aromatic rings. The number of hydrogen-bond donors (Lipinski definition) is 2. The van der Waals surface area contributed by atoms with Crippen LogP contribution in [0.5, 0.6) is 0 Å². The average molecular weight is 339 g/mol. The summed E-state index contributed by atoms with van der Waals surface area (Å²) in [5.41, 5.74) is 0.211. The lowest BCUT2D eigenvalue weighted by atomic mass is 10.2. The molecule has 1 aromatic carbocycles. The van der Waals surface area contributed by atoms with Crippen molar-refractivity contribution in [2.45, 2.75) is 31.3 Å². The molecule has 120 valence electrons. The molecule has 0 bridgehead atoms. The number of ether oxygens (including phenoxy) is 1. The molecular formula is C13H20ClFN2O3S. The number of nitrogens with one attached hydrogen (secondary N) is 2. The van der Waals surface area contributed by atoms with E-state index in [1.807, 2.05) is 13.8 Å². The molecule has 0 atom stereocenters. The van der Waals surface area contributed by atoms with Gasteiger partial charge in [0.05, 0.1) is 6.61 Å². The van der Waals surface area contributed by atoms with Gasteiger partial charge in [-0.05, 0) is 12.1 Å². The Balaban J connectivity index is 3.06. The number of rotatable bonds is 8. The van der Waals surface area contributed by atoms with Crippen molar-refractivity contribution in [2.24, 2.45) is 0 Å². The molecule has 0 saturated heterocycles. The molecule has 0 aliphatic carbocycles. The van der Waals surface area contributed by atoms with Crippen molar-refractivity contribution in [2.75, 3.05) is 20.3 Å². The molecule has 0 aliphatic rings. The van der Waals surface area contributed by atoms with Crippen LogP contribution in [0.4, 0.5) is 4.39 Å². The number of hydrogen-bond acceptors (Lipinski definition) is 4. The highest BCUT2D eigenvalue weighted by atomic mass is 35.5. The Bertz CT molecular complexity index is 579. The maximum absolute atomic E-state index is 14.4. The van der Waals surface area contributed by atoms with Gasteiger partial charge in [0.2, 0.25) is 10.0 Å². The lowest BCUT2D eigenvalue weighted by molar-refractivity contribution is 0.204. The van der Waals surface area contributed by atoms with Crippen molar-refractivity contribution >= 4 is 21.6 Å². The molecule has 0 spiro atoms. The van der Waals surface area contributed by atoms with Gasteiger partial charge in [0.1, 0.15) is 10.7 Å². The van der Waals surface area contributed by atoms with Gasteiger partial charge in [-0.25, -0.2) is 17.5 Å². The zero-order valence-electron chi connectivity index (χ0n) is 12.2. The number of methoxy groups -OCH3 is 1. The van der Waals surface area contributed by atoms with Crippen LogP contribution in [0.2, 0.25) is 5.02 Å². The van der Waals surface area contributed by atoms with Gasteiger partial charge in [0.25, 0.3) is 0 Å². The first-order valence-electron chi connectivity index (χ1n) is 6.48. The quantitative estimate of drug-likeness (QED) is 0.710. The smallest absolute Gasteiger partial charge is 0.243 e. The van der Waals surface area contributed by atoms with E-state index in [0.717, 1.165) is 6.07 Å². The van der Waals surface area contributed by atoms with Crippen LogP contribution in [0, 0.1) is 5.82 Å². The van der Waals surface area contributed by atoms with Crippen LogP contribution in [-0.2, 0) is 21.3 Å². The van der Waals surface area contributed by atoms with E-state index in [9.17, 15) is 12.8 Å². The molecule has 8 heteroatoms. The van der Waals surface area contributed by atoms with Crippen LogP contribution in [-0.4, -0.2) is 34.7 Å². The molecule has 0 saturated carbocycles. The lowest BCUT2D eigenvalue weighted by Crippen LogP contribution is -2.29. The molecule has 2 N–H and O–H groups in total. The SMILES string of the molecule is COCCNS(=O)(=O)c1cc(Cl)cc(CNC(C)C)c1F. The predicted octanol–water partition coefficient (Wildman–Crippen LogP) is 1.90. The third kappa shape index (κ3) is 5.52. The van der Waals surface area contributed by atoms with Crippen LogP contribution >= 0.6 is 11.6 Å². The third-order valence-electron chi connectivity index (χ3n) is 2.67. The predicted molar refractivity (Wildman–Crippen MR) is 80.5 cm³/mol. The fourth-order valence-electron chi connectivity index (χ4n) is 1.61. The van der Waals surface area contributed by atoms with Gasteiger partial charge < -0.3 is 10.1 Å². The summed E-state index contributed by atoms with van der Waals surface area (Å²) in [5, 5.41) is 3.20. The Morgan fingerprint density at radius 1 is 1.38 bits per heavy atom. The summed E-state index contributed by atoms with van der Waals surface area (Å²) in [4.78, 5) is -0.452. The van der Waals surface area contributed by atoms with Gasteiger partial charge in [-0.1, -0.05) is 25.4 Å². The molecule has 0 amide bonds. The fraction of sp³-hybridized carbons (Fsp3) is 0.538. The minimum Gasteiger partial charge on any atom is -0.383 e. The van der Waals surface area contributed by atoms with Crippen molar-refractivity contribution in [3.63, 3.8) is 0 Å². The highest BCUT2D eigenvalue weighted by Crippen LogP contribution is 2.23. The van der Waals surface area contributed by atoms with Gasteiger partial charge in [0.15, 0.2) is 0 Å². The number of benzene rings is 1. The molecule has 0 unspecified atom stereocenters. The molecule has 0 fully saturated rings. The minimum absolute atomic E-state index is 0.0599. The Labute approximate surface area is 129 Å². The van der Waals surface area contributed by atoms with Gasteiger partial charge in [-0.2, -0.15) is 0 Å². The summed E-state index contributed by atoms with van der Waals surface area (Å²) < 4.78 is 45.6. The fourth-order valence-corrected chi connectivity index (χ4v) is 3.07. The average Bonchev–Trinajstić information content (AvgIpc) is 2.39. The second kappa shape index (κ2) is 8.05. The second-order valence-electron chi connectivity index (χ2n) is 4.80. The summed E-state index contributed by atoms with van der Waals surface area (Å²) in [6.07, 6.45) is 0. The Morgan fingerprint density at radius 3 is 2.62 bits per heavy atom. The topological polar surface area (TPSA) is 67.4 Å². The molecule has 0 radical (unpaired) electrons. The van der Waals surface area contributed by atoms with E-state index in [2.05, 4.69) is 10.0 Å². The molecule has 0 aromatic heterocycles. The Morgan fingerprint density at radius 2 is 2.05 bits per heavy atom. The van der Waals surface area contributed by atoms with E-state index < -0.39 is 20.7 Å². The largest absolute Gasteiger partial charge is 0.383 e. The molecule has 0 heterocycles. The van der Waals surface area contributed by atoms with Crippen LogP contribution in [0.15, 0.2) is 17.0 Å². The third-order valence-corrected chi connectivity index (χ3v) is 4.35. The maximum atomic E-state index is 14.4. The molecule has 5 nitrogen and oxygen atoms in total. The highest BCUT2D eigenvalue weighted by molar-refractivity contribution is 7.89. The Hall–Kier alpha value is -0.730. The van der Waals surface area contributed by atoms with E-state index in [0.29, 0.717) is 0 Å². The van der Waals surface area contributed by atoms with E-state index >= 15 is 0 Å². The summed E-state index contributed by atoms with van der Waals surface area (Å²) in [6, 6.07) is 2.66. The van der Waals surface area contributed by atoms with Crippen molar-refractivity contribution in [3.8, 4) is 0 Å². The molecular weight excluding hydrogens is 319 g/mol. The number of halogens is 2. The van der Waals surface area contributed by atoms with Crippen LogP contribution < -0.4 is 10.0 Å². The molecule has 1 rings (SSSR count). The van der Waals surface area contributed by atoms with Crippen molar-refractivity contribution in [1.29, 1.82) is 0 Å². The molecule has 21 heavy (non-hydrogen) atoms. The van der Waals surface area contributed by atoms with Crippen LogP contribution in [0.25, 0.3) is 0 Å². The lowest BCUT2D eigenvalue weighted by Gasteiger charge is -2.13. The molecule has 0 aliphatic heterocycles. The van der Waals surface area contributed by atoms with Gasteiger partial charge in [0, 0.05) is 36.8 Å². The van der Waals surface area contributed by atoms with Gasteiger partial charge in [-0.15, -0.1) is 0 Å².